The van der Waals surface area contributed by atoms with E-state index >= 15 is 0 Å². The van der Waals surface area contributed by atoms with E-state index in [0.717, 1.165) is 25.7 Å². The third-order valence-electron chi connectivity index (χ3n) is 8.12. The lowest BCUT2D eigenvalue weighted by Crippen LogP contribution is -2.57. The van der Waals surface area contributed by atoms with Crippen LogP contribution in [0.5, 0.6) is 0 Å². The number of fused-ring (bicyclic) bond motifs is 2. The molecule has 2 amide bonds. The van der Waals surface area contributed by atoms with Crippen molar-refractivity contribution in [3.05, 3.63) is 24.3 Å². The predicted molar refractivity (Wildman–Crippen MR) is 119 cm³/mol. The van der Waals surface area contributed by atoms with Crippen molar-refractivity contribution < 1.29 is 29.0 Å². The summed E-state index contributed by atoms with van der Waals surface area (Å²) in [4.78, 5) is 44.6. The minimum absolute atomic E-state index is 0.0860. The third-order valence-corrected chi connectivity index (χ3v) is 8.12. The zero-order valence-electron chi connectivity index (χ0n) is 19.3. The van der Waals surface area contributed by atoms with Crippen molar-refractivity contribution in [1.29, 1.82) is 0 Å². The van der Waals surface area contributed by atoms with Gasteiger partial charge in [0, 0.05) is 25.7 Å². The van der Waals surface area contributed by atoms with Crippen molar-refractivity contribution >= 4 is 17.8 Å². The first-order valence-corrected chi connectivity index (χ1v) is 12.4. The fourth-order valence-electron chi connectivity index (χ4n) is 6.71. The van der Waals surface area contributed by atoms with Crippen LogP contribution in [-0.4, -0.2) is 82.3 Å². The molecule has 5 aliphatic rings. The minimum atomic E-state index is -1.24. The van der Waals surface area contributed by atoms with Gasteiger partial charge in [-0.2, -0.15) is 0 Å². The second kappa shape index (κ2) is 8.55. The second-order valence-corrected chi connectivity index (χ2v) is 10.1. The maximum absolute atomic E-state index is 14.1. The van der Waals surface area contributed by atoms with Gasteiger partial charge in [0.05, 0.1) is 18.1 Å². The van der Waals surface area contributed by atoms with E-state index in [9.17, 15) is 19.5 Å². The van der Waals surface area contributed by atoms with Crippen molar-refractivity contribution in [2.45, 2.75) is 75.2 Å². The summed E-state index contributed by atoms with van der Waals surface area (Å²) in [6, 6.07) is -0.705. The summed E-state index contributed by atoms with van der Waals surface area (Å²) in [6.07, 6.45) is 13.9. The molecule has 1 saturated carbocycles. The molecule has 0 radical (unpaired) electrons. The van der Waals surface area contributed by atoms with Crippen LogP contribution < -0.4 is 0 Å². The standard InChI is InChI=1S/C25H34N2O6/c1-24-11-5-6-16-32-23(31)19(24)18-21(29)27(14-8-15-28)20-22(30)26(17-9-3-2-4-10-17)13-7-12-25(18,20)33-24/h5,7,11-12,17-20,28H,2-4,6,8-10,13-16H2,1H3/t18-,19+,20?,24-,25-/m0/s1. The average molecular weight is 459 g/mol. The number of rotatable bonds is 4. The number of carbonyl (C=O) groups excluding carboxylic acids is 3. The molecular formula is C25H34N2O6. The predicted octanol–water partition coefficient (Wildman–Crippen LogP) is 1.57. The number of hydrogen-bond acceptors (Lipinski definition) is 6. The van der Waals surface area contributed by atoms with Gasteiger partial charge in [-0.05, 0) is 32.6 Å². The number of aliphatic hydroxyl groups is 1. The largest absolute Gasteiger partial charge is 0.465 e. The van der Waals surface area contributed by atoms with Crippen molar-refractivity contribution in [3.63, 3.8) is 0 Å². The molecule has 1 unspecified atom stereocenters. The number of carbonyl (C=O) groups is 3. The van der Waals surface area contributed by atoms with E-state index in [4.69, 9.17) is 9.47 Å². The molecule has 1 spiro atoms. The van der Waals surface area contributed by atoms with Crippen LogP contribution in [0.2, 0.25) is 0 Å². The summed E-state index contributed by atoms with van der Waals surface area (Å²) < 4.78 is 12.2. The number of nitrogens with zero attached hydrogens (tertiary/aromatic N) is 2. The van der Waals surface area contributed by atoms with E-state index < -0.39 is 35.0 Å². The molecule has 4 aliphatic heterocycles. The molecule has 5 atom stereocenters. The van der Waals surface area contributed by atoms with Gasteiger partial charge in [0.1, 0.15) is 17.6 Å². The van der Waals surface area contributed by atoms with Crippen LogP contribution >= 0.6 is 0 Å². The van der Waals surface area contributed by atoms with Crippen LogP contribution in [0.4, 0.5) is 0 Å². The minimum Gasteiger partial charge on any atom is -0.465 e. The van der Waals surface area contributed by atoms with Gasteiger partial charge in [-0.15, -0.1) is 0 Å². The molecule has 5 rings (SSSR count). The first-order valence-electron chi connectivity index (χ1n) is 12.4. The Bertz CT molecular complexity index is 880. The summed E-state index contributed by atoms with van der Waals surface area (Å²) in [5, 5.41) is 9.46. The monoisotopic (exact) mass is 458 g/mol. The molecule has 0 aromatic carbocycles. The molecule has 1 aliphatic carbocycles. The van der Waals surface area contributed by atoms with Gasteiger partial charge in [0.15, 0.2) is 0 Å². The first-order chi connectivity index (χ1) is 15.9. The summed E-state index contributed by atoms with van der Waals surface area (Å²) in [5.41, 5.74) is -2.27. The maximum Gasteiger partial charge on any atom is 0.313 e. The number of aliphatic hydroxyl groups excluding tert-OH is 1. The van der Waals surface area contributed by atoms with Gasteiger partial charge in [-0.25, -0.2) is 0 Å². The lowest BCUT2D eigenvalue weighted by Gasteiger charge is -2.40. The lowest BCUT2D eigenvalue weighted by atomic mass is 9.74. The molecule has 180 valence electrons. The summed E-state index contributed by atoms with van der Waals surface area (Å²) in [6.45, 7) is 2.71. The van der Waals surface area contributed by atoms with Gasteiger partial charge >= 0.3 is 5.97 Å². The number of amides is 2. The summed E-state index contributed by atoms with van der Waals surface area (Å²) >= 11 is 0. The van der Waals surface area contributed by atoms with E-state index in [1.807, 2.05) is 36.1 Å². The highest BCUT2D eigenvalue weighted by Crippen LogP contribution is 2.57. The van der Waals surface area contributed by atoms with E-state index in [1.165, 1.54) is 6.42 Å². The van der Waals surface area contributed by atoms with Crippen molar-refractivity contribution in [2.75, 3.05) is 26.3 Å². The SMILES string of the molecule is C[C@]12C=CCCOC(=O)[C@H]1[C@H]1C(=O)N(CCCO)C3C(=O)N(C4CCCCC4)CC=C[C@@]31O2. The Morgan fingerprint density at radius 2 is 1.85 bits per heavy atom. The Hall–Kier alpha value is -2.19. The molecule has 4 heterocycles. The normalized spacial score (nSPS) is 39.0. The Morgan fingerprint density at radius 1 is 1.06 bits per heavy atom. The highest BCUT2D eigenvalue weighted by Gasteiger charge is 2.74. The molecule has 1 N–H and O–H groups in total. The zero-order valence-corrected chi connectivity index (χ0v) is 19.3. The highest BCUT2D eigenvalue weighted by molar-refractivity contribution is 5.99. The van der Waals surface area contributed by atoms with E-state index in [2.05, 4.69) is 0 Å². The fourth-order valence-corrected chi connectivity index (χ4v) is 6.71. The summed E-state index contributed by atoms with van der Waals surface area (Å²) in [7, 11) is 0. The van der Waals surface area contributed by atoms with Crippen LogP contribution in [0, 0.1) is 11.8 Å². The average Bonchev–Trinajstić information content (AvgIpc) is 3.11. The van der Waals surface area contributed by atoms with Crippen LogP contribution in [0.1, 0.15) is 51.9 Å². The topological polar surface area (TPSA) is 96.4 Å². The highest BCUT2D eigenvalue weighted by atomic mass is 16.6. The smallest absolute Gasteiger partial charge is 0.313 e. The quantitative estimate of drug-likeness (QED) is 0.508. The molecule has 0 aromatic heterocycles. The molecule has 33 heavy (non-hydrogen) atoms. The van der Waals surface area contributed by atoms with Crippen molar-refractivity contribution in [3.8, 4) is 0 Å². The Morgan fingerprint density at radius 3 is 2.61 bits per heavy atom. The molecule has 8 nitrogen and oxygen atoms in total. The van der Waals surface area contributed by atoms with Crippen molar-refractivity contribution in [1.82, 2.24) is 9.80 Å². The molecule has 2 saturated heterocycles. The van der Waals surface area contributed by atoms with Gasteiger partial charge in [-0.1, -0.05) is 43.6 Å². The van der Waals surface area contributed by atoms with Gasteiger partial charge in [0.2, 0.25) is 11.8 Å². The molecule has 0 aromatic rings. The van der Waals surface area contributed by atoms with Crippen molar-refractivity contribution in [2.24, 2.45) is 11.8 Å². The fraction of sp³-hybridized carbons (Fsp3) is 0.720. The molecular weight excluding hydrogens is 424 g/mol. The van der Waals surface area contributed by atoms with Gasteiger partial charge < -0.3 is 24.4 Å². The second-order valence-electron chi connectivity index (χ2n) is 10.1. The summed E-state index contributed by atoms with van der Waals surface area (Å²) in [5.74, 6) is -2.50. The number of cyclic esters (lactones) is 1. The Balaban J connectivity index is 1.60. The van der Waals surface area contributed by atoms with Crippen LogP contribution in [0.3, 0.4) is 0 Å². The van der Waals surface area contributed by atoms with E-state index in [-0.39, 0.29) is 37.6 Å². The Labute approximate surface area is 194 Å². The van der Waals surface area contributed by atoms with E-state index in [0.29, 0.717) is 19.4 Å². The molecule has 3 fully saturated rings. The zero-order chi connectivity index (χ0) is 23.2. The number of ether oxygens (including phenoxy) is 2. The number of hydrogen-bond donors (Lipinski definition) is 1. The van der Waals surface area contributed by atoms with E-state index in [1.54, 1.807) is 4.90 Å². The first kappa shape index (κ1) is 22.6. The van der Waals surface area contributed by atoms with Crippen LogP contribution in [-0.2, 0) is 23.9 Å². The molecule has 8 heteroatoms. The number of likely N-dealkylation sites (tertiary alicyclic amines) is 1. The van der Waals surface area contributed by atoms with Gasteiger partial charge in [0.25, 0.3) is 0 Å². The maximum atomic E-state index is 14.1. The Kier molecular flexibility index (Phi) is 5.85. The van der Waals surface area contributed by atoms with Crippen LogP contribution in [0.25, 0.3) is 0 Å². The number of esters is 1. The van der Waals surface area contributed by atoms with Crippen LogP contribution in [0.15, 0.2) is 24.3 Å². The lowest BCUT2D eigenvalue weighted by molar-refractivity contribution is -0.160. The third kappa shape index (κ3) is 3.44. The van der Waals surface area contributed by atoms with Gasteiger partial charge in [-0.3, -0.25) is 14.4 Å². The molecule has 0 bridgehead atoms.